The third-order valence-corrected chi connectivity index (χ3v) is 8.27. The normalized spacial score (nSPS) is 17.9. The van der Waals surface area contributed by atoms with E-state index in [4.69, 9.17) is 0 Å². The van der Waals surface area contributed by atoms with Gasteiger partial charge in [-0.3, -0.25) is 0 Å². The summed E-state index contributed by atoms with van der Waals surface area (Å²) in [5.41, 5.74) is 4.44. The highest BCUT2D eigenvalue weighted by Crippen LogP contribution is 2.38. The predicted molar refractivity (Wildman–Crippen MR) is 172 cm³/mol. The van der Waals surface area contributed by atoms with E-state index in [0.29, 0.717) is 5.75 Å². The average molecular weight is 547 g/mol. The minimum absolute atomic E-state index is 0.0569. The fourth-order valence-corrected chi connectivity index (χ4v) is 5.60. The smallest absolute Gasteiger partial charge is 0.139 e. The summed E-state index contributed by atoms with van der Waals surface area (Å²) in [4.78, 5) is 10.8. The number of fused-ring (bicyclic) bond motifs is 1. The number of hydrogen-bond donors (Lipinski definition) is 2. The molecular weight excluding hydrogens is 492 g/mol. The summed E-state index contributed by atoms with van der Waals surface area (Å²) in [6, 6.07) is 12.5. The molecular formula is C35H54N4O. The quantitative estimate of drug-likeness (QED) is 0.326. The molecule has 0 amide bonds. The molecule has 0 spiro atoms. The van der Waals surface area contributed by atoms with Gasteiger partial charge in [0, 0.05) is 31.6 Å². The van der Waals surface area contributed by atoms with Gasteiger partial charge in [-0.1, -0.05) is 92.0 Å². The number of nitrogens with one attached hydrogen (secondary N) is 1. The van der Waals surface area contributed by atoms with Crippen molar-refractivity contribution < 1.29 is 5.11 Å². The number of aryl methyl sites for hydroxylation is 1. The lowest BCUT2D eigenvalue weighted by molar-refractivity contribution is 0.262. The summed E-state index contributed by atoms with van der Waals surface area (Å²) < 4.78 is 0. The molecule has 1 aliphatic carbocycles. The van der Waals surface area contributed by atoms with E-state index in [1.165, 1.54) is 37.7 Å². The van der Waals surface area contributed by atoms with Crippen molar-refractivity contribution >= 4 is 16.7 Å². The van der Waals surface area contributed by atoms with Crippen molar-refractivity contribution in [1.82, 2.24) is 15.3 Å². The number of phenolic OH excluding ortho intramolecular Hbond substituents is 1. The second-order valence-corrected chi connectivity index (χ2v) is 14.0. The highest BCUT2D eigenvalue weighted by Gasteiger charge is 2.25. The highest BCUT2D eigenvalue weighted by molar-refractivity contribution is 5.89. The molecule has 220 valence electrons. The summed E-state index contributed by atoms with van der Waals surface area (Å²) in [5, 5.41) is 15.6. The van der Waals surface area contributed by atoms with Crippen molar-refractivity contribution in [2.75, 3.05) is 25.5 Å². The maximum absolute atomic E-state index is 10.9. The van der Waals surface area contributed by atoms with Crippen LogP contribution in [-0.2, 0) is 17.4 Å². The molecule has 1 aromatic heterocycles. The number of benzene rings is 2. The molecule has 1 aliphatic rings. The van der Waals surface area contributed by atoms with Gasteiger partial charge < -0.3 is 15.3 Å². The molecule has 5 heteroatoms. The Hall–Kier alpha value is -2.66. The van der Waals surface area contributed by atoms with Crippen LogP contribution in [0.4, 0.5) is 5.82 Å². The highest BCUT2D eigenvalue weighted by atomic mass is 16.3. The third kappa shape index (κ3) is 8.42. The molecule has 40 heavy (non-hydrogen) atoms. The number of nitrogens with zero attached hydrogens (tertiary/aromatic N) is 3. The molecule has 3 aromatic rings. The summed E-state index contributed by atoms with van der Waals surface area (Å²) in [6.07, 6.45) is 6.83. The Balaban J connectivity index is 0.000000263. The van der Waals surface area contributed by atoms with E-state index in [2.05, 4.69) is 75.9 Å². The van der Waals surface area contributed by atoms with Crippen molar-refractivity contribution in [3.8, 4) is 5.75 Å². The van der Waals surface area contributed by atoms with Gasteiger partial charge in [0.25, 0.3) is 0 Å². The van der Waals surface area contributed by atoms with Gasteiger partial charge in [-0.25, -0.2) is 9.97 Å². The van der Waals surface area contributed by atoms with E-state index in [-0.39, 0.29) is 10.8 Å². The lowest BCUT2D eigenvalue weighted by Crippen LogP contribution is -2.26. The molecule has 0 atom stereocenters. The molecule has 2 aromatic carbocycles. The Morgan fingerprint density at radius 3 is 2.10 bits per heavy atom. The monoisotopic (exact) mass is 546 g/mol. The molecule has 1 heterocycles. The van der Waals surface area contributed by atoms with E-state index in [1.54, 1.807) is 0 Å². The topological polar surface area (TPSA) is 61.3 Å². The average Bonchev–Trinajstić information content (AvgIpc) is 2.88. The van der Waals surface area contributed by atoms with Crippen LogP contribution in [0.5, 0.6) is 5.75 Å². The zero-order valence-corrected chi connectivity index (χ0v) is 26.9. The largest absolute Gasteiger partial charge is 0.507 e. The number of para-hydroxylation sites is 1. The van der Waals surface area contributed by atoms with Crippen LogP contribution in [0.3, 0.4) is 0 Å². The molecule has 0 saturated heterocycles. The van der Waals surface area contributed by atoms with Crippen LogP contribution in [0.1, 0.15) is 103 Å². The van der Waals surface area contributed by atoms with Crippen molar-refractivity contribution in [2.45, 2.75) is 105 Å². The minimum atomic E-state index is -0.0569. The summed E-state index contributed by atoms with van der Waals surface area (Å²) in [7, 11) is 3.99. The van der Waals surface area contributed by atoms with Gasteiger partial charge in [-0.2, -0.15) is 0 Å². The van der Waals surface area contributed by atoms with Crippen LogP contribution in [0, 0.1) is 18.8 Å². The third-order valence-electron chi connectivity index (χ3n) is 8.27. The summed E-state index contributed by atoms with van der Waals surface area (Å²) in [6.45, 7) is 19.3. The zero-order chi connectivity index (χ0) is 29.7. The first-order valence-electron chi connectivity index (χ1n) is 15.2. The Morgan fingerprint density at radius 1 is 0.900 bits per heavy atom. The lowest BCUT2D eigenvalue weighted by atomic mass is 9.79. The Morgan fingerprint density at radius 2 is 1.52 bits per heavy atom. The molecule has 0 unspecified atom stereocenters. The molecule has 0 bridgehead atoms. The lowest BCUT2D eigenvalue weighted by Gasteiger charge is -2.29. The van der Waals surface area contributed by atoms with Gasteiger partial charge in [0.15, 0.2) is 0 Å². The Bertz CT molecular complexity index is 1240. The fraction of sp³-hybridized carbons (Fsp3) is 0.600. The van der Waals surface area contributed by atoms with Gasteiger partial charge in [0.05, 0.1) is 5.52 Å². The number of aromatic nitrogens is 2. The number of hydrogen-bond acceptors (Lipinski definition) is 5. The van der Waals surface area contributed by atoms with E-state index in [0.717, 1.165) is 58.6 Å². The number of phenols is 1. The first-order chi connectivity index (χ1) is 18.7. The van der Waals surface area contributed by atoms with Gasteiger partial charge in [0.1, 0.15) is 17.4 Å². The van der Waals surface area contributed by atoms with E-state index in [1.807, 2.05) is 50.2 Å². The van der Waals surface area contributed by atoms with E-state index >= 15 is 0 Å². The summed E-state index contributed by atoms with van der Waals surface area (Å²) in [5.74, 6) is 4.02. The Labute approximate surface area is 243 Å². The summed E-state index contributed by atoms with van der Waals surface area (Å²) >= 11 is 0. The second kappa shape index (κ2) is 13.3. The molecule has 1 saturated carbocycles. The predicted octanol–water partition coefficient (Wildman–Crippen LogP) is 8.30. The molecule has 0 radical (unpaired) electrons. The maximum atomic E-state index is 10.9. The van der Waals surface area contributed by atoms with Crippen molar-refractivity contribution in [3.63, 3.8) is 0 Å². The molecule has 0 aliphatic heterocycles. The molecule has 4 rings (SSSR count). The fourth-order valence-electron chi connectivity index (χ4n) is 5.60. The van der Waals surface area contributed by atoms with Gasteiger partial charge in [0.2, 0.25) is 0 Å². The van der Waals surface area contributed by atoms with E-state index in [9.17, 15) is 5.11 Å². The van der Waals surface area contributed by atoms with Gasteiger partial charge >= 0.3 is 0 Å². The van der Waals surface area contributed by atoms with Gasteiger partial charge in [-0.05, 0) is 72.2 Å². The standard InChI is InChI=1S/C24H41NO.C11H13N3/c1-8-17-9-11-18(12-10-17)15-25-16-19-13-20(23(2,3)4)14-21(22(19)26)24(5,6)7;1-8-12-10-7-5-4-6-9(10)11(13-8)14(2)3/h13-14,17-18,25-26H,8-12,15-16H2,1-7H3;4-7H,1-3H3. The first-order valence-corrected chi connectivity index (χ1v) is 15.2. The number of aromatic hydroxyl groups is 1. The molecule has 2 N–H and O–H groups in total. The van der Waals surface area contributed by atoms with Crippen molar-refractivity contribution in [2.24, 2.45) is 11.8 Å². The molecule has 5 nitrogen and oxygen atoms in total. The van der Waals surface area contributed by atoms with Gasteiger partial charge in [-0.15, -0.1) is 0 Å². The molecule has 1 fully saturated rings. The van der Waals surface area contributed by atoms with Crippen LogP contribution in [0.25, 0.3) is 10.9 Å². The number of rotatable bonds is 6. The second-order valence-electron chi connectivity index (χ2n) is 14.0. The van der Waals surface area contributed by atoms with Crippen LogP contribution in [0.15, 0.2) is 36.4 Å². The van der Waals surface area contributed by atoms with Crippen molar-refractivity contribution in [3.05, 3.63) is 58.9 Å². The first kappa shape index (κ1) is 31.9. The van der Waals surface area contributed by atoms with Crippen LogP contribution >= 0.6 is 0 Å². The minimum Gasteiger partial charge on any atom is -0.507 e. The van der Waals surface area contributed by atoms with Crippen LogP contribution in [-0.4, -0.2) is 35.7 Å². The van der Waals surface area contributed by atoms with Crippen LogP contribution < -0.4 is 10.2 Å². The zero-order valence-electron chi connectivity index (χ0n) is 26.9. The SMILES string of the molecule is CCC1CCC(CNCc2cc(C(C)(C)C)cc(C(C)(C)C)c2O)CC1.Cc1nc(N(C)C)c2ccccc2n1. The number of anilines is 1. The van der Waals surface area contributed by atoms with Crippen molar-refractivity contribution in [1.29, 1.82) is 0 Å². The Kier molecular flexibility index (Phi) is 10.6. The van der Waals surface area contributed by atoms with E-state index < -0.39 is 0 Å². The maximum Gasteiger partial charge on any atom is 0.139 e. The van der Waals surface area contributed by atoms with Crippen LogP contribution in [0.2, 0.25) is 0 Å².